The average Bonchev–Trinajstić information content (AvgIpc) is 1.64. The van der Waals surface area contributed by atoms with Gasteiger partial charge in [-0.15, -0.1) is 0 Å². The van der Waals surface area contributed by atoms with Crippen molar-refractivity contribution in [2.75, 3.05) is 37.8 Å². The number of piperidine rings is 2. The van der Waals surface area contributed by atoms with Crippen LogP contribution in [-0.2, 0) is 29.4 Å². The molecule has 496 valence electrons. The molecule has 6 aliphatic heterocycles. The largest absolute Gasteiger partial charge is 0.507 e. The summed E-state index contributed by atoms with van der Waals surface area (Å²) in [5.41, 5.74) is 10.4. The van der Waals surface area contributed by atoms with Crippen molar-refractivity contribution in [3.05, 3.63) is 190 Å². The van der Waals surface area contributed by atoms with E-state index in [2.05, 4.69) is 133 Å². The van der Waals surface area contributed by atoms with Crippen LogP contribution in [0.25, 0.3) is 22.9 Å². The smallest absolute Gasteiger partial charge is 0.169 e. The van der Waals surface area contributed by atoms with Gasteiger partial charge in [0, 0.05) is 114 Å². The molecular weight excluding hydrogens is 1220 g/mol. The molecule has 16 atom stereocenters. The summed E-state index contributed by atoms with van der Waals surface area (Å²) >= 11 is 0. The number of benzene rings is 5. The first-order valence-corrected chi connectivity index (χ1v) is 38.2. The molecule has 5 aliphatic carbocycles. The Hall–Kier alpha value is -6.43. The van der Waals surface area contributed by atoms with E-state index in [4.69, 9.17) is 15.0 Å². The summed E-state index contributed by atoms with van der Waals surface area (Å²) < 4.78 is 5.77. The maximum absolute atomic E-state index is 13.6. The van der Waals surface area contributed by atoms with E-state index in [-0.39, 0.29) is 86.4 Å². The molecule has 16 unspecified atom stereocenters. The molecule has 4 saturated carbocycles. The van der Waals surface area contributed by atoms with Crippen molar-refractivity contribution in [1.29, 1.82) is 0 Å². The van der Waals surface area contributed by atoms with E-state index in [1.54, 1.807) is 18.2 Å². The maximum Gasteiger partial charge on any atom is 0.169 e. The molecule has 9 fully saturated rings. The fourth-order valence-corrected chi connectivity index (χ4v) is 25.5. The van der Waals surface area contributed by atoms with Crippen molar-refractivity contribution in [3.63, 3.8) is 0 Å². The summed E-state index contributed by atoms with van der Waals surface area (Å²) in [4.78, 5) is 12.9. The fourth-order valence-electron chi connectivity index (χ4n) is 22.6. The molecule has 3 spiro atoms. The molecule has 13 nitrogen and oxygen atoms in total. The molecule has 0 amide bonds. The lowest BCUT2D eigenvalue weighted by Crippen LogP contribution is -2.79. The number of imidazole rings is 1. The van der Waals surface area contributed by atoms with Gasteiger partial charge in [0.15, 0.2) is 23.0 Å². The topological polar surface area (TPSA) is 211 Å². The third-order valence-corrected chi connectivity index (χ3v) is 29.1. The van der Waals surface area contributed by atoms with Gasteiger partial charge in [-0.1, -0.05) is 131 Å². The van der Waals surface area contributed by atoms with Crippen LogP contribution in [0.4, 0.5) is 0 Å². The second kappa shape index (κ2) is 24.8. The first-order valence-electron chi connectivity index (χ1n) is 35.7. The molecule has 15 heteroatoms. The Morgan fingerprint density at radius 2 is 1.55 bits per heavy atom. The van der Waals surface area contributed by atoms with Gasteiger partial charge in [-0.05, 0) is 211 Å². The van der Waals surface area contributed by atoms with Crippen LogP contribution in [-0.4, -0.2) is 108 Å². The van der Waals surface area contributed by atoms with Crippen molar-refractivity contribution in [2.24, 2.45) is 51.8 Å². The van der Waals surface area contributed by atoms with Gasteiger partial charge >= 0.3 is 0 Å². The molecule has 11 N–H and O–H groups in total. The molecule has 95 heavy (non-hydrogen) atoms. The zero-order chi connectivity index (χ0) is 64.2. The summed E-state index contributed by atoms with van der Waals surface area (Å²) in [6, 6.07) is 33.3. The van der Waals surface area contributed by atoms with Gasteiger partial charge in [0.05, 0.1) is 17.8 Å². The molecule has 7 aromatic rings. The lowest BCUT2D eigenvalue weighted by Gasteiger charge is -2.76. The number of aromatic nitrogens is 3. The number of aryl methyl sites for hydroxylation is 1. The standard InChI is InChI=1S/C80H92N6O7S2/c87-67-23-15-48(33-70(67)90)14-21-59-60-9-4-10-68(88)72(60)74(92)73(91)61(59)22-13-47-11-16-51(17-12-47)64-37-77-38-65-53(35-62(66(39-77)85-65)50-6-2-1-3-7-50)40-81-41-54(52-34-58(83-42-52)32-49-25-30-93-31-26-49)44-94-95-45-57-19-18-56-36-63(77)76(86-64)80(71-43-82-46-84-71)75-69(89)24-20-55-8-5-27-78(55,75)28-29-79(56,57)80/h1-4,6-7,9-12,14-17,20-21,23-24,33-35,42-43,46,49,54-57,62-66,69,75-76,81,83,85-92H,5,8,13,18-19,22,25-32,36-41,44-45H2,(H,82,84). The van der Waals surface area contributed by atoms with E-state index in [1.807, 2.05) is 18.5 Å². The number of aliphatic hydroxyl groups excluding tert-OH is 1. The van der Waals surface area contributed by atoms with E-state index in [0.717, 1.165) is 94.7 Å². The predicted octanol–water partition coefficient (Wildman–Crippen LogP) is 14.4. The minimum atomic E-state index is -0.597. The molecule has 2 aromatic heterocycles. The number of nitrogens with one attached hydrogen (secondary N) is 5. The average molecular weight is 1310 g/mol. The number of phenols is 5. The number of H-pyrrole nitrogens is 2. The quantitative estimate of drug-likeness (QED) is 0.0252. The van der Waals surface area contributed by atoms with Crippen molar-refractivity contribution in [3.8, 4) is 28.7 Å². The maximum atomic E-state index is 13.6. The van der Waals surface area contributed by atoms with E-state index in [1.165, 1.54) is 90.4 Å². The van der Waals surface area contributed by atoms with Crippen molar-refractivity contribution >= 4 is 44.5 Å². The van der Waals surface area contributed by atoms with Crippen molar-refractivity contribution in [2.45, 2.75) is 150 Å². The second-order valence-electron chi connectivity index (χ2n) is 30.7. The van der Waals surface area contributed by atoms with Gasteiger partial charge in [0.2, 0.25) is 0 Å². The predicted molar refractivity (Wildman–Crippen MR) is 379 cm³/mol. The zero-order valence-electron chi connectivity index (χ0n) is 54.3. The van der Waals surface area contributed by atoms with E-state index in [9.17, 15) is 30.6 Å². The lowest BCUT2D eigenvalue weighted by atomic mass is 9.30. The summed E-state index contributed by atoms with van der Waals surface area (Å²) in [6.45, 7) is 3.45. The Bertz CT molecular complexity index is 4080. The highest BCUT2D eigenvalue weighted by Gasteiger charge is 2.80. The number of hydrogen-bond acceptors (Lipinski definition) is 13. The molecular formula is C80H92N6O7S2. The zero-order valence-corrected chi connectivity index (χ0v) is 55.9. The Balaban J connectivity index is 0.781. The van der Waals surface area contributed by atoms with Crippen LogP contribution < -0.4 is 16.0 Å². The minimum Gasteiger partial charge on any atom is -0.507 e. The normalized spacial score (nSPS) is 35.2. The second-order valence-corrected chi connectivity index (χ2v) is 33.2. The number of rotatable bonds is 11. The number of fused-ring (bicyclic) bond motifs is 9. The van der Waals surface area contributed by atoms with Gasteiger partial charge in [-0.2, -0.15) is 0 Å². The van der Waals surface area contributed by atoms with Crippen LogP contribution >= 0.6 is 21.6 Å². The number of nitrogens with zero attached hydrogens (tertiary/aromatic N) is 1. The van der Waals surface area contributed by atoms with Crippen LogP contribution in [0.3, 0.4) is 0 Å². The van der Waals surface area contributed by atoms with E-state index in [0.29, 0.717) is 70.4 Å². The Kier molecular flexibility index (Phi) is 16.2. The number of aromatic amines is 2. The number of hydrogen-bond donors (Lipinski definition) is 11. The molecule has 18 rings (SSSR count). The van der Waals surface area contributed by atoms with Crippen molar-refractivity contribution < 1.29 is 35.4 Å². The monoisotopic (exact) mass is 1310 g/mol. The van der Waals surface area contributed by atoms with Crippen LogP contribution in [0.5, 0.6) is 28.7 Å². The van der Waals surface area contributed by atoms with Crippen molar-refractivity contribution in [1.82, 2.24) is 30.9 Å². The molecule has 0 radical (unpaired) electrons. The Labute approximate surface area is 566 Å². The van der Waals surface area contributed by atoms with Crippen LogP contribution in [0.1, 0.15) is 152 Å². The summed E-state index contributed by atoms with van der Waals surface area (Å²) in [5.74, 6) is 3.75. The number of allylic oxidation sites excluding steroid dienone is 1. The minimum absolute atomic E-state index is 0.00215. The fraction of sp³-hybridized carbons (Fsp3) is 0.487. The molecule has 8 bridgehead atoms. The van der Waals surface area contributed by atoms with Crippen LogP contribution in [0.15, 0.2) is 140 Å². The molecule has 8 heterocycles. The summed E-state index contributed by atoms with van der Waals surface area (Å²) in [7, 11) is 4.23. The van der Waals surface area contributed by atoms with Crippen LogP contribution in [0, 0.1) is 51.8 Å². The van der Waals surface area contributed by atoms with Gasteiger partial charge in [-0.3, -0.25) is 0 Å². The van der Waals surface area contributed by atoms with Gasteiger partial charge in [0.25, 0.3) is 0 Å². The van der Waals surface area contributed by atoms with E-state index >= 15 is 0 Å². The number of aromatic hydroxyl groups is 5. The van der Waals surface area contributed by atoms with Gasteiger partial charge in [-0.25, -0.2) is 4.98 Å². The SMILES string of the molecule is Oc1ccc(C=Cc2c(CCc3ccc(C4CC56CC7NC(C5)C(c5ccccc5)C=C7CNCC(c5c[nH]c(CC7CCOCC7)c5)CSSCC5CCC7CC6C(N4)C4(c6cnc[nH]6)C6C(O)C=CC8CCCC86CCC574)cc3)c(O)c(O)c3c(O)cccc23)cc1O. The number of phenolic OH excluding ortho intramolecular Hbond substituents is 5. The third kappa shape index (κ3) is 10.3. The van der Waals surface area contributed by atoms with Crippen LogP contribution in [0.2, 0.25) is 0 Å². The third-order valence-electron chi connectivity index (χ3n) is 26.6. The highest BCUT2D eigenvalue weighted by atomic mass is 33.1. The highest BCUT2D eigenvalue weighted by Crippen LogP contribution is 2.80. The molecule has 5 aromatic carbocycles. The molecule has 11 aliphatic rings. The summed E-state index contributed by atoms with van der Waals surface area (Å²) in [5, 5.41) is 82.7. The first-order chi connectivity index (χ1) is 46.4. The van der Waals surface area contributed by atoms with Gasteiger partial charge in [0.1, 0.15) is 5.75 Å². The first kappa shape index (κ1) is 62.1. The number of ether oxygens (including phenoxy) is 1. The Morgan fingerprint density at radius 1 is 0.705 bits per heavy atom. The molecule has 5 saturated heterocycles. The Morgan fingerprint density at radius 3 is 2.39 bits per heavy atom. The number of aliphatic hydroxyl groups is 1. The highest BCUT2D eigenvalue weighted by molar-refractivity contribution is 8.76. The summed E-state index contributed by atoms with van der Waals surface area (Å²) in [6.07, 6.45) is 33.8. The van der Waals surface area contributed by atoms with Gasteiger partial charge < -0.3 is 61.3 Å². The lowest BCUT2D eigenvalue weighted by molar-refractivity contribution is -0.228. The van der Waals surface area contributed by atoms with E-state index < -0.39 is 11.5 Å².